The van der Waals surface area contributed by atoms with E-state index in [0.29, 0.717) is 17.8 Å². The summed E-state index contributed by atoms with van der Waals surface area (Å²) >= 11 is 0. The van der Waals surface area contributed by atoms with Crippen LogP contribution in [0.15, 0.2) is 24.3 Å². The highest BCUT2D eigenvalue weighted by atomic mass is 16.4. The highest BCUT2D eigenvalue weighted by Gasteiger charge is 2.29. The molecule has 1 heterocycles. The molecule has 27 heavy (non-hydrogen) atoms. The number of amides is 1. The van der Waals surface area contributed by atoms with E-state index in [1.807, 2.05) is 18.7 Å². The monoisotopic (exact) mass is 375 g/mol. The number of piperidine rings is 1. The summed E-state index contributed by atoms with van der Waals surface area (Å²) in [7, 11) is 0. The van der Waals surface area contributed by atoms with Gasteiger partial charge in [0.2, 0.25) is 5.91 Å². The molecule has 7 nitrogen and oxygen atoms in total. The van der Waals surface area contributed by atoms with E-state index < -0.39 is 5.97 Å². The lowest BCUT2D eigenvalue weighted by molar-refractivity contribution is -0.139. The molecule has 7 heteroatoms. The summed E-state index contributed by atoms with van der Waals surface area (Å²) in [5, 5.41) is 11.9. The van der Waals surface area contributed by atoms with Crippen LogP contribution < -0.4 is 5.32 Å². The highest BCUT2D eigenvalue weighted by molar-refractivity contribution is 5.97. The number of nitrogens with zero attached hydrogens (tertiary/aromatic N) is 2. The number of carboxylic acid groups (broad SMARTS) is 1. The van der Waals surface area contributed by atoms with Crippen molar-refractivity contribution in [3.8, 4) is 0 Å². The van der Waals surface area contributed by atoms with Gasteiger partial charge >= 0.3 is 5.97 Å². The van der Waals surface area contributed by atoms with Crippen molar-refractivity contribution in [1.29, 1.82) is 0 Å². The van der Waals surface area contributed by atoms with Crippen molar-refractivity contribution in [3.05, 3.63) is 29.8 Å². The Balaban J connectivity index is 1.87. The number of hydrogen-bond acceptors (Lipinski definition) is 5. The van der Waals surface area contributed by atoms with Crippen molar-refractivity contribution in [1.82, 2.24) is 9.80 Å². The topological polar surface area (TPSA) is 90.0 Å². The summed E-state index contributed by atoms with van der Waals surface area (Å²) in [6, 6.07) is 6.85. The molecule has 1 aromatic carbocycles. The Morgan fingerprint density at radius 2 is 1.81 bits per heavy atom. The van der Waals surface area contributed by atoms with Gasteiger partial charge < -0.3 is 10.4 Å². The number of ketones is 1. The summed E-state index contributed by atoms with van der Waals surface area (Å²) < 4.78 is 0. The predicted octanol–water partition coefficient (Wildman–Crippen LogP) is 2.09. The predicted molar refractivity (Wildman–Crippen MR) is 104 cm³/mol. The Kier molecular flexibility index (Phi) is 7.50. The fourth-order valence-electron chi connectivity index (χ4n) is 3.51. The molecule has 1 aliphatic rings. The van der Waals surface area contributed by atoms with Crippen LogP contribution in [0.25, 0.3) is 0 Å². The maximum atomic E-state index is 12.5. The van der Waals surface area contributed by atoms with Gasteiger partial charge in [-0.3, -0.25) is 24.2 Å². The first-order valence-corrected chi connectivity index (χ1v) is 9.43. The molecule has 0 aromatic heterocycles. The summed E-state index contributed by atoms with van der Waals surface area (Å²) in [5.41, 5.74) is 1.29. The molecule has 1 unspecified atom stereocenters. The maximum absolute atomic E-state index is 12.5. The first kappa shape index (κ1) is 21.1. The Bertz CT molecular complexity index is 666. The number of carbonyl (C=O) groups is 3. The lowest BCUT2D eigenvalue weighted by Crippen LogP contribution is -2.51. The third-order valence-corrected chi connectivity index (χ3v) is 5.25. The Morgan fingerprint density at radius 1 is 1.22 bits per heavy atom. The largest absolute Gasteiger partial charge is 0.480 e. The molecule has 0 saturated carbocycles. The van der Waals surface area contributed by atoms with E-state index in [-0.39, 0.29) is 30.3 Å². The summed E-state index contributed by atoms with van der Waals surface area (Å²) in [4.78, 5) is 39.0. The van der Waals surface area contributed by atoms with Gasteiger partial charge in [-0.05, 0) is 57.5 Å². The van der Waals surface area contributed by atoms with Gasteiger partial charge in [-0.25, -0.2) is 0 Å². The van der Waals surface area contributed by atoms with Crippen molar-refractivity contribution >= 4 is 23.3 Å². The number of Topliss-reactive ketones (excluding diaryl/α,β-unsaturated/α-hetero) is 1. The Hall–Kier alpha value is -2.25. The van der Waals surface area contributed by atoms with E-state index in [2.05, 4.69) is 10.2 Å². The Labute approximate surface area is 160 Å². The van der Waals surface area contributed by atoms with Crippen molar-refractivity contribution < 1.29 is 19.5 Å². The minimum Gasteiger partial charge on any atom is -0.480 e. The molecule has 0 spiro atoms. The Morgan fingerprint density at radius 3 is 2.30 bits per heavy atom. The molecule has 0 bridgehead atoms. The normalized spacial score (nSPS) is 16.9. The van der Waals surface area contributed by atoms with Crippen LogP contribution in [0, 0.1) is 0 Å². The minimum atomic E-state index is -0.803. The van der Waals surface area contributed by atoms with Crippen LogP contribution in [-0.2, 0) is 9.59 Å². The molecule has 1 aromatic rings. The fraction of sp³-hybridized carbons (Fsp3) is 0.550. The average Bonchev–Trinajstić information content (AvgIpc) is 2.66. The van der Waals surface area contributed by atoms with E-state index in [0.717, 1.165) is 25.9 Å². The van der Waals surface area contributed by atoms with Gasteiger partial charge in [0.05, 0.1) is 12.6 Å². The quantitative estimate of drug-likeness (QED) is 0.676. The van der Waals surface area contributed by atoms with Crippen LogP contribution in [0.4, 0.5) is 5.69 Å². The third kappa shape index (κ3) is 5.87. The molecule has 2 N–H and O–H groups in total. The number of carbonyl (C=O) groups excluding carboxylic acids is 2. The summed E-state index contributed by atoms with van der Waals surface area (Å²) in [5.74, 6) is -0.891. The molecule has 148 valence electrons. The molecule has 1 aliphatic heterocycles. The number of benzene rings is 1. The number of aliphatic carboxylic acids is 1. The molecule has 2 rings (SSSR count). The van der Waals surface area contributed by atoms with Crippen molar-refractivity contribution in [2.75, 3.05) is 31.5 Å². The maximum Gasteiger partial charge on any atom is 0.317 e. The van der Waals surface area contributed by atoms with Crippen molar-refractivity contribution in [2.24, 2.45) is 0 Å². The second kappa shape index (κ2) is 9.62. The van der Waals surface area contributed by atoms with Crippen LogP contribution in [0.3, 0.4) is 0 Å². The number of anilines is 1. The number of rotatable bonds is 8. The van der Waals surface area contributed by atoms with Gasteiger partial charge in [0.25, 0.3) is 0 Å². The lowest BCUT2D eigenvalue weighted by Gasteiger charge is -2.39. The van der Waals surface area contributed by atoms with Crippen molar-refractivity contribution in [3.63, 3.8) is 0 Å². The third-order valence-electron chi connectivity index (χ3n) is 5.25. The number of likely N-dealkylation sites (tertiary alicyclic amines) is 1. The molecule has 1 saturated heterocycles. The van der Waals surface area contributed by atoms with Crippen LogP contribution in [0.1, 0.15) is 44.0 Å². The summed E-state index contributed by atoms with van der Waals surface area (Å²) in [6.07, 6.45) is 1.71. The van der Waals surface area contributed by atoms with Crippen LogP contribution in [0.2, 0.25) is 0 Å². The molecule has 1 atom stereocenters. The van der Waals surface area contributed by atoms with Gasteiger partial charge in [0.1, 0.15) is 0 Å². The van der Waals surface area contributed by atoms with Crippen LogP contribution in [0.5, 0.6) is 0 Å². The van der Waals surface area contributed by atoms with Crippen LogP contribution >= 0.6 is 0 Å². The lowest BCUT2D eigenvalue weighted by atomic mass is 10.0. The second-order valence-electron chi connectivity index (χ2n) is 7.02. The van der Waals surface area contributed by atoms with Gasteiger partial charge in [0.15, 0.2) is 5.78 Å². The molecule has 0 radical (unpaired) electrons. The van der Waals surface area contributed by atoms with E-state index in [9.17, 15) is 14.4 Å². The van der Waals surface area contributed by atoms with Gasteiger partial charge in [-0.15, -0.1) is 0 Å². The van der Waals surface area contributed by atoms with Gasteiger partial charge in [-0.2, -0.15) is 0 Å². The number of nitrogens with one attached hydrogen (secondary N) is 1. The van der Waals surface area contributed by atoms with E-state index >= 15 is 0 Å². The SMILES string of the molecule is CCN(CC(=O)O)C1CCN(C(C)C(=O)Nc2ccc(C(C)=O)cc2)CC1. The number of carboxylic acids is 1. The molecular weight excluding hydrogens is 346 g/mol. The fourth-order valence-corrected chi connectivity index (χ4v) is 3.51. The van der Waals surface area contributed by atoms with E-state index in [1.54, 1.807) is 24.3 Å². The molecule has 0 aliphatic carbocycles. The zero-order valence-electron chi connectivity index (χ0n) is 16.3. The van der Waals surface area contributed by atoms with Crippen LogP contribution in [-0.4, -0.2) is 70.8 Å². The average molecular weight is 375 g/mol. The van der Waals surface area contributed by atoms with Crippen molar-refractivity contribution in [2.45, 2.75) is 45.7 Å². The van der Waals surface area contributed by atoms with E-state index in [1.165, 1.54) is 6.92 Å². The smallest absolute Gasteiger partial charge is 0.317 e. The van der Waals surface area contributed by atoms with Gasteiger partial charge in [-0.1, -0.05) is 6.92 Å². The minimum absolute atomic E-state index is 0.00635. The number of hydrogen-bond donors (Lipinski definition) is 2. The van der Waals surface area contributed by atoms with Gasteiger partial charge in [0, 0.05) is 30.4 Å². The molecular formula is C20H29N3O4. The zero-order valence-corrected chi connectivity index (χ0v) is 16.3. The first-order chi connectivity index (χ1) is 12.8. The summed E-state index contributed by atoms with van der Waals surface area (Å²) in [6.45, 7) is 7.67. The molecule has 1 fully saturated rings. The highest BCUT2D eigenvalue weighted by Crippen LogP contribution is 2.19. The zero-order chi connectivity index (χ0) is 20.0. The second-order valence-corrected chi connectivity index (χ2v) is 7.02. The number of likely N-dealkylation sites (N-methyl/N-ethyl adjacent to an activating group) is 1. The standard InChI is InChI=1S/C20H29N3O4/c1-4-22(13-19(25)26)18-9-11-23(12-10-18)14(2)20(27)21-17-7-5-16(6-8-17)15(3)24/h5-8,14,18H,4,9-13H2,1-3H3,(H,21,27)(H,25,26). The molecule has 1 amide bonds. The van der Waals surface area contributed by atoms with E-state index in [4.69, 9.17) is 5.11 Å². The first-order valence-electron chi connectivity index (χ1n) is 9.43.